The number of Topliss-reactive ketones (excluding diaryl/α,β-unsaturated/α-hetero) is 1. The molecule has 0 bridgehead atoms. The standard InChI is InChI=1S/C21H35N3O4.C19H33N3O2.C4H5ClO3.ClH/c1-2-28-20(27)23-11-7-21(15-23)12-17(13-21)22-9-5-16(6-10-22)18-4-3-8-24(18)19(26)14-25;1-2-24-18(23)22-11-7-19(14-22)12-16(13-19)21-9-5-15(6-10-21)17-4-3-8-20-17;1-3(6)2-8-4(5)7;/h16-18,25H,2-15H2,1H3;15-17,20H,2-14H2,1H3;2H2,1H3;1H/t17?,18-,21?;16?,17-,19?;;/m00../s1. The molecule has 2 saturated carbocycles. The lowest BCUT2D eigenvalue weighted by atomic mass is 9.64. The first-order chi connectivity index (χ1) is 28.9. The molecule has 3 amide bonds. The predicted octanol–water partition coefficient (Wildman–Crippen LogP) is 5.53. The van der Waals surface area contributed by atoms with Gasteiger partial charge in [-0.2, -0.15) is 0 Å². The maximum Gasteiger partial charge on any atom is 0.409 e. The highest BCUT2D eigenvalue weighted by molar-refractivity contribution is 6.61. The number of hydrogen-bond acceptors (Lipinski definition) is 12. The average molecular weight is 902 g/mol. The highest BCUT2D eigenvalue weighted by Crippen LogP contribution is 2.52. The molecule has 0 unspecified atom stereocenters. The van der Waals surface area contributed by atoms with Crippen LogP contribution in [0.15, 0.2) is 0 Å². The summed E-state index contributed by atoms with van der Waals surface area (Å²) in [6.07, 6.45) is 17.0. The fourth-order valence-corrected chi connectivity index (χ4v) is 12.0. The monoisotopic (exact) mass is 900 g/mol. The van der Waals surface area contributed by atoms with Crippen LogP contribution in [0.5, 0.6) is 0 Å². The first-order valence-corrected chi connectivity index (χ1v) is 23.5. The van der Waals surface area contributed by atoms with Crippen LogP contribution in [0.3, 0.4) is 0 Å². The number of ether oxygens (including phenoxy) is 3. The number of likely N-dealkylation sites (tertiary alicyclic amines) is 5. The molecular formula is C44H74Cl2N6O9. The summed E-state index contributed by atoms with van der Waals surface area (Å²) in [5.74, 6) is 1.16. The molecule has 2 atom stereocenters. The second-order valence-electron chi connectivity index (χ2n) is 19.0. The Balaban J connectivity index is 0.000000195. The average Bonchev–Trinajstić information content (AvgIpc) is 4.06. The molecule has 0 aromatic heterocycles. The summed E-state index contributed by atoms with van der Waals surface area (Å²) < 4.78 is 14.4. The number of piperidine rings is 2. The lowest BCUT2D eigenvalue weighted by molar-refractivity contribution is -0.136. The zero-order valence-electron chi connectivity index (χ0n) is 37.0. The van der Waals surface area contributed by atoms with Gasteiger partial charge in [0, 0.05) is 68.5 Å². The van der Waals surface area contributed by atoms with E-state index in [0.29, 0.717) is 42.0 Å². The van der Waals surface area contributed by atoms with Crippen molar-refractivity contribution in [3.63, 3.8) is 0 Å². The highest BCUT2D eigenvalue weighted by Gasteiger charge is 2.53. The maximum absolute atomic E-state index is 12.0. The van der Waals surface area contributed by atoms with Crippen LogP contribution in [-0.2, 0) is 23.8 Å². The summed E-state index contributed by atoms with van der Waals surface area (Å²) in [5, 5.41) is 12.9. The van der Waals surface area contributed by atoms with E-state index in [0.717, 1.165) is 95.9 Å². The van der Waals surface area contributed by atoms with Gasteiger partial charge in [-0.05, 0) is 166 Å². The molecule has 8 fully saturated rings. The second kappa shape index (κ2) is 23.0. The predicted molar refractivity (Wildman–Crippen MR) is 234 cm³/mol. The Kier molecular flexibility index (Phi) is 18.7. The van der Waals surface area contributed by atoms with Crippen molar-refractivity contribution in [2.24, 2.45) is 22.7 Å². The number of carbonyl (C=O) groups is 5. The maximum atomic E-state index is 12.0. The Morgan fingerprint density at radius 3 is 1.61 bits per heavy atom. The molecule has 8 aliphatic rings. The largest absolute Gasteiger partial charge is 0.450 e. The van der Waals surface area contributed by atoms with Crippen LogP contribution < -0.4 is 5.32 Å². The molecule has 15 nitrogen and oxygen atoms in total. The molecule has 6 heterocycles. The number of halogens is 2. The number of nitrogens with zero attached hydrogens (tertiary/aromatic N) is 5. The van der Waals surface area contributed by atoms with E-state index in [9.17, 15) is 29.1 Å². The SMILES string of the molecule is CC(=O)COC(=O)Cl.CCOC(=O)N1CCC2(CC(N3CCC([C@@H]4CCCN4)CC3)C2)C1.CCOC(=O)N1CCC2(CC(N3CCC([C@@H]4CCCN4C(=O)CO)CC3)C2)C1.Cl. The van der Waals surface area contributed by atoms with E-state index in [-0.39, 0.29) is 49.5 Å². The molecule has 17 heteroatoms. The molecule has 0 aromatic carbocycles. The van der Waals surface area contributed by atoms with Crippen molar-refractivity contribution in [1.29, 1.82) is 0 Å². The summed E-state index contributed by atoms with van der Waals surface area (Å²) in [5.41, 5.74) is -0.217. The first-order valence-electron chi connectivity index (χ1n) is 23.1. The number of aliphatic hydroxyl groups is 1. The minimum absolute atomic E-state index is 0. The second-order valence-corrected chi connectivity index (χ2v) is 19.3. The molecule has 2 spiro atoms. The van der Waals surface area contributed by atoms with Crippen LogP contribution in [0, 0.1) is 22.7 Å². The van der Waals surface area contributed by atoms with Crippen molar-refractivity contribution < 1.29 is 43.3 Å². The Labute approximate surface area is 374 Å². The fourth-order valence-electron chi connectivity index (χ4n) is 12.0. The van der Waals surface area contributed by atoms with Gasteiger partial charge >= 0.3 is 17.6 Å². The molecular weight excluding hydrogens is 827 g/mol. The number of rotatable bonds is 9. The van der Waals surface area contributed by atoms with Crippen LogP contribution in [0.2, 0.25) is 0 Å². The van der Waals surface area contributed by atoms with Gasteiger partial charge in [-0.15, -0.1) is 12.4 Å². The Morgan fingerprint density at radius 2 is 1.20 bits per heavy atom. The van der Waals surface area contributed by atoms with Crippen molar-refractivity contribution in [1.82, 2.24) is 29.8 Å². The third-order valence-electron chi connectivity index (χ3n) is 15.1. The van der Waals surface area contributed by atoms with Gasteiger partial charge in [-0.25, -0.2) is 14.4 Å². The zero-order chi connectivity index (χ0) is 42.9. The van der Waals surface area contributed by atoms with Gasteiger partial charge in [0.15, 0.2) is 12.4 Å². The quantitative estimate of drug-likeness (QED) is 0.221. The number of hydrogen-bond donors (Lipinski definition) is 2. The summed E-state index contributed by atoms with van der Waals surface area (Å²) in [6, 6.07) is 2.56. The van der Waals surface area contributed by atoms with Gasteiger partial charge in [0.1, 0.15) is 6.61 Å². The molecule has 0 radical (unpaired) electrons. The van der Waals surface area contributed by atoms with E-state index in [4.69, 9.17) is 21.1 Å². The summed E-state index contributed by atoms with van der Waals surface area (Å²) >= 11 is 4.71. The van der Waals surface area contributed by atoms with E-state index in [2.05, 4.69) is 19.9 Å². The minimum atomic E-state index is -0.944. The van der Waals surface area contributed by atoms with Crippen molar-refractivity contribution in [2.75, 3.05) is 91.9 Å². The minimum Gasteiger partial charge on any atom is -0.450 e. The van der Waals surface area contributed by atoms with Crippen LogP contribution in [0.25, 0.3) is 0 Å². The van der Waals surface area contributed by atoms with Crippen molar-refractivity contribution in [2.45, 2.75) is 135 Å². The van der Waals surface area contributed by atoms with Crippen molar-refractivity contribution in [3.8, 4) is 0 Å². The molecule has 6 aliphatic heterocycles. The summed E-state index contributed by atoms with van der Waals surface area (Å²) in [7, 11) is 0. The van der Waals surface area contributed by atoms with Gasteiger partial charge in [-0.1, -0.05) is 0 Å². The Hall–Kier alpha value is -2.43. The number of ketones is 1. The smallest absolute Gasteiger partial charge is 0.409 e. The van der Waals surface area contributed by atoms with Gasteiger partial charge in [0.05, 0.1) is 13.2 Å². The summed E-state index contributed by atoms with van der Waals surface area (Å²) in [4.78, 5) is 66.7. The van der Waals surface area contributed by atoms with Crippen LogP contribution >= 0.6 is 24.0 Å². The third kappa shape index (κ3) is 12.9. The molecule has 6 saturated heterocycles. The molecule has 0 aromatic rings. The van der Waals surface area contributed by atoms with Gasteiger partial charge in [0.25, 0.3) is 0 Å². The molecule has 61 heavy (non-hydrogen) atoms. The lowest BCUT2D eigenvalue weighted by Gasteiger charge is -2.52. The number of amides is 3. The van der Waals surface area contributed by atoms with E-state index < -0.39 is 5.43 Å². The summed E-state index contributed by atoms with van der Waals surface area (Å²) in [6.45, 7) is 15.7. The Morgan fingerprint density at radius 1 is 0.689 bits per heavy atom. The highest BCUT2D eigenvalue weighted by atomic mass is 35.5. The normalized spacial score (nSPS) is 31.6. The lowest BCUT2D eigenvalue weighted by Crippen LogP contribution is -2.55. The number of aliphatic hydroxyl groups excluding tert-OH is 1. The number of nitrogens with one attached hydrogen (secondary N) is 1. The first kappa shape index (κ1) is 49.6. The topological polar surface area (TPSA) is 162 Å². The van der Waals surface area contributed by atoms with E-state index >= 15 is 0 Å². The van der Waals surface area contributed by atoms with Gasteiger partial charge in [0.2, 0.25) is 5.91 Å². The van der Waals surface area contributed by atoms with E-state index in [1.54, 1.807) is 0 Å². The van der Waals surface area contributed by atoms with Gasteiger partial charge < -0.3 is 49.1 Å². The molecule has 2 N–H and O–H groups in total. The molecule has 8 rings (SSSR count). The van der Waals surface area contributed by atoms with Crippen molar-refractivity contribution in [3.05, 3.63) is 0 Å². The van der Waals surface area contributed by atoms with Crippen molar-refractivity contribution >= 4 is 53.3 Å². The van der Waals surface area contributed by atoms with Crippen LogP contribution in [0.1, 0.15) is 111 Å². The number of carbonyl (C=O) groups excluding carboxylic acids is 5. The molecule has 2 aliphatic carbocycles. The zero-order valence-corrected chi connectivity index (χ0v) is 38.6. The van der Waals surface area contributed by atoms with Crippen LogP contribution in [0.4, 0.5) is 14.4 Å². The fraction of sp³-hybridized carbons (Fsp3) is 0.886. The van der Waals surface area contributed by atoms with Gasteiger partial charge in [-0.3, -0.25) is 9.59 Å². The third-order valence-corrected chi connectivity index (χ3v) is 15.2. The van der Waals surface area contributed by atoms with E-state index in [1.807, 2.05) is 28.5 Å². The molecule has 348 valence electrons. The Bertz CT molecular complexity index is 1450. The van der Waals surface area contributed by atoms with E-state index in [1.165, 1.54) is 84.3 Å². The van der Waals surface area contributed by atoms with Crippen LogP contribution in [-0.4, -0.2) is 175 Å².